The molecule has 0 spiro atoms. The van der Waals surface area contributed by atoms with E-state index in [-0.39, 0.29) is 15.9 Å². The van der Waals surface area contributed by atoms with Gasteiger partial charge in [-0.1, -0.05) is 18.2 Å². The van der Waals surface area contributed by atoms with E-state index in [9.17, 15) is 9.18 Å². The van der Waals surface area contributed by atoms with Crippen LogP contribution in [0.5, 0.6) is 5.75 Å². The van der Waals surface area contributed by atoms with Crippen molar-refractivity contribution in [1.82, 2.24) is 5.32 Å². The van der Waals surface area contributed by atoms with Crippen LogP contribution in [-0.2, 0) is 6.54 Å². The Balaban J connectivity index is 2.04. The fourth-order valence-electron chi connectivity index (χ4n) is 1.87. The molecule has 0 heterocycles. The first-order chi connectivity index (χ1) is 10.1. The number of hydrogen-bond acceptors (Lipinski definition) is 2. The highest BCUT2D eigenvalue weighted by Crippen LogP contribution is 2.20. The van der Waals surface area contributed by atoms with E-state index in [1.165, 1.54) is 12.1 Å². The molecule has 0 aromatic heterocycles. The Labute approximate surface area is 131 Å². The smallest absolute Gasteiger partial charge is 0.252 e. The lowest BCUT2D eigenvalue weighted by Gasteiger charge is -2.09. The van der Waals surface area contributed by atoms with Gasteiger partial charge in [0.05, 0.1) is 16.6 Å². The van der Waals surface area contributed by atoms with Crippen LogP contribution in [0.15, 0.2) is 46.9 Å². The highest BCUT2D eigenvalue weighted by atomic mass is 79.9. The van der Waals surface area contributed by atoms with Gasteiger partial charge in [-0.05, 0) is 52.7 Å². The van der Waals surface area contributed by atoms with E-state index >= 15 is 0 Å². The Bertz CT molecular complexity index is 646. The van der Waals surface area contributed by atoms with E-state index in [4.69, 9.17) is 4.74 Å². The Hall–Kier alpha value is -1.88. The summed E-state index contributed by atoms with van der Waals surface area (Å²) in [5.74, 6) is -0.0274. The molecule has 0 aliphatic heterocycles. The molecular formula is C16H15BrFNO2. The van der Waals surface area contributed by atoms with Gasteiger partial charge in [0, 0.05) is 6.54 Å². The molecule has 2 aromatic carbocycles. The van der Waals surface area contributed by atoms with Gasteiger partial charge in [0.1, 0.15) is 11.6 Å². The van der Waals surface area contributed by atoms with E-state index < -0.39 is 5.82 Å². The normalized spacial score (nSPS) is 10.2. The lowest BCUT2D eigenvalue weighted by molar-refractivity contribution is 0.0949. The quantitative estimate of drug-likeness (QED) is 0.886. The number of rotatable bonds is 5. The molecule has 0 bridgehead atoms. The number of hydrogen-bond donors (Lipinski definition) is 1. The summed E-state index contributed by atoms with van der Waals surface area (Å²) in [5.41, 5.74) is 1.19. The van der Waals surface area contributed by atoms with Crippen molar-refractivity contribution in [2.24, 2.45) is 0 Å². The Morgan fingerprint density at radius 2 is 2.05 bits per heavy atom. The molecule has 3 nitrogen and oxygen atoms in total. The molecule has 0 atom stereocenters. The zero-order valence-electron chi connectivity index (χ0n) is 11.5. The molecule has 0 saturated heterocycles. The predicted molar refractivity (Wildman–Crippen MR) is 82.9 cm³/mol. The van der Waals surface area contributed by atoms with E-state index in [1.54, 1.807) is 6.07 Å². The summed E-state index contributed by atoms with van der Waals surface area (Å²) in [5, 5.41) is 2.76. The summed E-state index contributed by atoms with van der Waals surface area (Å²) in [6.07, 6.45) is 0. The average molecular weight is 352 g/mol. The number of amides is 1. The fraction of sp³-hybridized carbons (Fsp3) is 0.188. The van der Waals surface area contributed by atoms with Gasteiger partial charge in [-0.2, -0.15) is 0 Å². The number of halogens is 2. The van der Waals surface area contributed by atoms with Crippen LogP contribution in [0.25, 0.3) is 0 Å². The molecule has 0 fully saturated rings. The Morgan fingerprint density at radius 1 is 1.29 bits per heavy atom. The van der Waals surface area contributed by atoms with Crippen LogP contribution in [0, 0.1) is 5.82 Å². The van der Waals surface area contributed by atoms with E-state index in [0.717, 1.165) is 11.3 Å². The van der Waals surface area contributed by atoms with Crippen LogP contribution in [-0.4, -0.2) is 12.5 Å². The van der Waals surface area contributed by atoms with Gasteiger partial charge >= 0.3 is 0 Å². The maximum absolute atomic E-state index is 13.4. The minimum atomic E-state index is -0.457. The number of carbonyl (C=O) groups is 1. The lowest BCUT2D eigenvalue weighted by atomic mass is 10.2. The summed E-state index contributed by atoms with van der Waals surface area (Å²) in [7, 11) is 0. The van der Waals surface area contributed by atoms with Crippen LogP contribution in [0.4, 0.5) is 4.39 Å². The monoisotopic (exact) mass is 351 g/mol. The van der Waals surface area contributed by atoms with Crippen molar-refractivity contribution in [1.29, 1.82) is 0 Å². The first-order valence-electron chi connectivity index (χ1n) is 6.55. The van der Waals surface area contributed by atoms with Gasteiger partial charge in [-0.3, -0.25) is 4.79 Å². The predicted octanol–water partition coefficient (Wildman–Crippen LogP) is 3.92. The van der Waals surface area contributed by atoms with Gasteiger partial charge in [0.2, 0.25) is 0 Å². The van der Waals surface area contributed by atoms with Crippen molar-refractivity contribution in [2.75, 3.05) is 6.61 Å². The molecular weight excluding hydrogens is 337 g/mol. The van der Waals surface area contributed by atoms with Crippen molar-refractivity contribution in [2.45, 2.75) is 13.5 Å². The fourth-order valence-corrected chi connectivity index (χ4v) is 2.31. The highest BCUT2D eigenvalue weighted by molar-refractivity contribution is 9.10. The molecule has 2 rings (SSSR count). The molecule has 0 radical (unpaired) electrons. The second-order valence-electron chi connectivity index (χ2n) is 4.36. The van der Waals surface area contributed by atoms with Gasteiger partial charge < -0.3 is 10.1 Å². The summed E-state index contributed by atoms with van der Waals surface area (Å²) in [6, 6.07) is 11.9. The summed E-state index contributed by atoms with van der Waals surface area (Å²) < 4.78 is 19.0. The minimum Gasteiger partial charge on any atom is -0.494 e. The van der Waals surface area contributed by atoms with Crippen LogP contribution >= 0.6 is 15.9 Å². The maximum atomic E-state index is 13.4. The molecule has 0 unspecified atom stereocenters. The Morgan fingerprint density at radius 3 is 2.81 bits per heavy atom. The lowest BCUT2D eigenvalue weighted by Crippen LogP contribution is -2.23. The summed E-state index contributed by atoms with van der Waals surface area (Å²) >= 11 is 3.08. The standard InChI is InChI=1S/C16H15BrFNO2/c1-2-21-12-6-3-5-11(9-12)10-19-16(20)13-7-4-8-14(18)15(13)17/h3-9H,2,10H2,1H3,(H,19,20). The molecule has 110 valence electrons. The molecule has 0 aliphatic rings. The summed E-state index contributed by atoms with van der Waals surface area (Å²) in [4.78, 5) is 12.1. The van der Waals surface area contributed by atoms with Crippen LogP contribution < -0.4 is 10.1 Å². The minimum absolute atomic E-state index is 0.172. The van der Waals surface area contributed by atoms with E-state index in [1.807, 2.05) is 31.2 Å². The zero-order chi connectivity index (χ0) is 15.2. The number of ether oxygens (including phenoxy) is 1. The number of carbonyl (C=O) groups excluding carboxylic acids is 1. The van der Waals surface area contributed by atoms with Crippen molar-refractivity contribution in [3.63, 3.8) is 0 Å². The second kappa shape index (κ2) is 7.22. The topological polar surface area (TPSA) is 38.3 Å². The average Bonchev–Trinajstić information content (AvgIpc) is 2.48. The molecule has 1 N–H and O–H groups in total. The molecule has 21 heavy (non-hydrogen) atoms. The van der Waals surface area contributed by atoms with Crippen LogP contribution in [0.2, 0.25) is 0 Å². The molecule has 0 saturated carbocycles. The SMILES string of the molecule is CCOc1cccc(CNC(=O)c2cccc(F)c2Br)c1. The van der Waals surface area contributed by atoms with Crippen molar-refractivity contribution < 1.29 is 13.9 Å². The second-order valence-corrected chi connectivity index (χ2v) is 5.16. The third-order valence-corrected chi connectivity index (χ3v) is 3.66. The number of benzene rings is 2. The third kappa shape index (κ3) is 4.04. The number of nitrogens with one attached hydrogen (secondary N) is 1. The van der Waals surface area contributed by atoms with Gasteiger partial charge in [0.25, 0.3) is 5.91 Å². The third-order valence-electron chi connectivity index (χ3n) is 2.86. The molecule has 5 heteroatoms. The van der Waals surface area contributed by atoms with Crippen molar-refractivity contribution >= 4 is 21.8 Å². The van der Waals surface area contributed by atoms with Gasteiger partial charge in [0.15, 0.2) is 0 Å². The summed E-state index contributed by atoms with van der Waals surface area (Å²) in [6.45, 7) is 2.85. The van der Waals surface area contributed by atoms with E-state index in [0.29, 0.717) is 13.2 Å². The van der Waals surface area contributed by atoms with Crippen molar-refractivity contribution in [3.8, 4) is 5.75 Å². The maximum Gasteiger partial charge on any atom is 0.252 e. The van der Waals surface area contributed by atoms with E-state index in [2.05, 4.69) is 21.2 Å². The van der Waals surface area contributed by atoms with Crippen LogP contribution in [0.1, 0.15) is 22.8 Å². The van der Waals surface area contributed by atoms with Gasteiger partial charge in [-0.15, -0.1) is 0 Å². The zero-order valence-corrected chi connectivity index (χ0v) is 13.1. The molecule has 1 amide bonds. The first-order valence-corrected chi connectivity index (χ1v) is 7.35. The molecule has 2 aromatic rings. The van der Waals surface area contributed by atoms with Crippen molar-refractivity contribution in [3.05, 3.63) is 63.9 Å². The highest BCUT2D eigenvalue weighted by Gasteiger charge is 2.12. The molecule has 0 aliphatic carbocycles. The van der Waals surface area contributed by atoms with Gasteiger partial charge in [-0.25, -0.2) is 4.39 Å². The Kier molecular flexibility index (Phi) is 5.33. The van der Waals surface area contributed by atoms with Crippen LogP contribution in [0.3, 0.4) is 0 Å². The largest absolute Gasteiger partial charge is 0.494 e. The first kappa shape index (κ1) is 15.5.